The first-order chi connectivity index (χ1) is 9.51. The zero-order valence-electron chi connectivity index (χ0n) is 12.6. The highest BCUT2D eigenvalue weighted by Gasteiger charge is 2.23. The predicted octanol–water partition coefficient (Wildman–Crippen LogP) is 2.21. The number of ether oxygens (including phenoxy) is 1. The molecule has 1 unspecified atom stereocenters. The number of likely N-dealkylation sites (N-methyl/N-ethyl adjacent to an activating group) is 1. The predicted molar refractivity (Wildman–Crippen MR) is 80.6 cm³/mol. The minimum Gasteiger partial charge on any atom is -0.410 e. The van der Waals surface area contributed by atoms with Crippen molar-refractivity contribution in [1.82, 2.24) is 9.80 Å². The van der Waals surface area contributed by atoms with Gasteiger partial charge in [-0.25, -0.2) is 4.79 Å². The topological polar surface area (TPSA) is 44.8 Å². The molecule has 1 atom stereocenters. The Hall–Kier alpha value is -1.75. The van der Waals surface area contributed by atoms with Crippen LogP contribution in [0.2, 0.25) is 0 Å². The van der Waals surface area contributed by atoms with Crippen LogP contribution in [0.4, 0.5) is 10.5 Å². The number of nitrogens with one attached hydrogen (secondary N) is 1. The van der Waals surface area contributed by atoms with Crippen LogP contribution in [-0.4, -0.2) is 56.7 Å². The average molecular weight is 277 g/mol. The highest BCUT2D eigenvalue weighted by molar-refractivity contribution is 5.71. The van der Waals surface area contributed by atoms with Gasteiger partial charge in [0.05, 0.1) is 0 Å². The van der Waals surface area contributed by atoms with Crippen molar-refractivity contribution in [1.29, 1.82) is 0 Å². The zero-order chi connectivity index (χ0) is 14.7. The SMILES string of the molecule is CCN(C)C(=O)Oc1ccc2c(c1)NCC2CN(C)C. The van der Waals surface area contributed by atoms with Gasteiger partial charge in [0.25, 0.3) is 0 Å². The van der Waals surface area contributed by atoms with Gasteiger partial charge in [0.1, 0.15) is 5.75 Å². The number of hydrogen-bond acceptors (Lipinski definition) is 4. The molecule has 0 aromatic heterocycles. The molecule has 110 valence electrons. The van der Waals surface area contributed by atoms with Crippen molar-refractivity contribution in [2.24, 2.45) is 0 Å². The molecule has 0 saturated carbocycles. The molecule has 5 heteroatoms. The van der Waals surface area contributed by atoms with Crippen molar-refractivity contribution in [3.63, 3.8) is 0 Å². The largest absolute Gasteiger partial charge is 0.414 e. The molecule has 1 aromatic carbocycles. The summed E-state index contributed by atoms with van der Waals surface area (Å²) in [5, 5.41) is 3.38. The lowest BCUT2D eigenvalue weighted by atomic mass is 10.0. The number of carbonyl (C=O) groups is 1. The van der Waals surface area contributed by atoms with E-state index in [9.17, 15) is 4.79 Å². The molecule has 1 aromatic rings. The van der Waals surface area contributed by atoms with E-state index in [1.807, 2.05) is 19.1 Å². The van der Waals surface area contributed by atoms with Crippen LogP contribution in [0.5, 0.6) is 5.75 Å². The number of amides is 1. The first-order valence-electron chi connectivity index (χ1n) is 6.96. The average Bonchev–Trinajstić information content (AvgIpc) is 2.79. The summed E-state index contributed by atoms with van der Waals surface area (Å²) in [7, 11) is 5.88. The van der Waals surface area contributed by atoms with Crippen LogP contribution in [0.1, 0.15) is 18.4 Å². The fourth-order valence-corrected chi connectivity index (χ4v) is 2.36. The molecule has 0 aliphatic carbocycles. The molecular weight excluding hydrogens is 254 g/mol. The maximum Gasteiger partial charge on any atom is 0.414 e. The minimum atomic E-state index is -0.324. The van der Waals surface area contributed by atoms with Gasteiger partial charge >= 0.3 is 6.09 Å². The summed E-state index contributed by atoms with van der Waals surface area (Å²) in [6, 6.07) is 5.83. The van der Waals surface area contributed by atoms with Crippen LogP contribution >= 0.6 is 0 Å². The Labute approximate surface area is 120 Å². The molecule has 20 heavy (non-hydrogen) atoms. The molecule has 1 N–H and O–H groups in total. The number of nitrogens with zero attached hydrogens (tertiary/aromatic N) is 2. The Balaban J connectivity index is 2.08. The van der Waals surface area contributed by atoms with Crippen LogP contribution in [0, 0.1) is 0 Å². The van der Waals surface area contributed by atoms with E-state index in [-0.39, 0.29) is 6.09 Å². The van der Waals surface area contributed by atoms with Gasteiger partial charge in [0.15, 0.2) is 0 Å². The first kappa shape index (κ1) is 14.7. The second-order valence-corrected chi connectivity index (χ2v) is 5.47. The zero-order valence-corrected chi connectivity index (χ0v) is 12.6. The summed E-state index contributed by atoms with van der Waals surface area (Å²) in [4.78, 5) is 15.5. The van der Waals surface area contributed by atoms with Crippen LogP contribution in [0.25, 0.3) is 0 Å². The Kier molecular flexibility index (Phi) is 4.49. The van der Waals surface area contributed by atoms with E-state index in [1.54, 1.807) is 7.05 Å². The van der Waals surface area contributed by atoms with Crippen LogP contribution in [0.3, 0.4) is 0 Å². The Morgan fingerprint density at radius 1 is 1.40 bits per heavy atom. The third-order valence-corrected chi connectivity index (χ3v) is 3.58. The molecule has 1 aliphatic heterocycles. The lowest BCUT2D eigenvalue weighted by Crippen LogP contribution is -2.29. The van der Waals surface area contributed by atoms with Crippen molar-refractivity contribution >= 4 is 11.8 Å². The third kappa shape index (κ3) is 3.22. The molecule has 1 amide bonds. The number of benzene rings is 1. The summed E-state index contributed by atoms with van der Waals surface area (Å²) in [5.41, 5.74) is 2.36. The normalized spacial score (nSPS) is 16.8. The smallest absolute Gasteiger partial charge is 0.410 e. The second-order valence-electron chi connectivity index (χ2n) is 5.47. The number of fused-ring (bicyclic) bond motifs is 1. The molecule has 5 nitrogen and oxygen atoms in total. The van der Waals surface area contributed by atoms with Crippen molar-refractivity contribution in [3.8, 4) is 5.75 Å². The minimum absolute atomic E-state index is 0.324. The molecule has 0 fully saturated rings. The summed E-state index contributed by atoms with van der Waals surface area (Å²) in [6.45, 7) is 4.49. The number of rotatable bonds is 4. The van der Waals surface area contributed by atoms with E-state index >= 15 is 0 Å². The summed E-state index contributed by atoms with van der Waals surface area (Å²) in [5.74, 6) is 1.08. The first-order valence-corrected chi connectivity index (χ1v) is 6.96. The Morgan fingerprint density at radius 2 is 2.15 bits per heavy atom. The van der Waals surface area contributed by atoms with E-state index in [4.69, 9.17) is 4.74 Å². The lowest BCUT2D eigenvalue weighted by molar-refractivity contribution is 0.165. The summed E-state index contributed by atoms with van der Waals surface area (Å²) >= 11 is 0. The van der Waals surface area contributed by atoms with Gasteiger partial charge in [-0.05, 0) is 32.6 Å². The molecular formula is C15H23N3O2. The molecule has 0 radical (unpaired) electrons. The number of anilines is 1. The highest BCUT2D eigenvalue weighted by Crippen LogP contribution is 2.34. The maximum absolute atomic E-state index is 11.7. The van der Waals surface area contributed by atoms with E-state index < -0.39 is 0 Å². The Bertz CT molecular complexity index is 488. The molecule has 0 bridgehead atoms. The van der Waals surface area contributed by atoms with Crippen molar-refractivity contribution < 1.29 is 9.53 Å². The Morgan fingerprint density at radius 3 is 2.80 bits per heavy atom. The summed E-state index contributed by atoms with van der Waals surface area (Å²) < 4.78 is 5.35. The third-order valence-electron chi connectivity index (χ3n) is 3.58. The van der Waals surface area contributed by atoms with Crippen molar-refractivity contribution in [2.45, 2.75) is 12.8 Å². The molecule has 1 aliphatic rings. The fraction of sp³-hybridized carbons (Fsp3) is 0.533. The van der Waals surface area contributed by atoms with Crippen LogP contribution in [0.15, 0.2) is 18.2 Å². The van der Waals surface area contributed by atoms with E-state index in [2.05, 4.69) is 30.4 Å². The quantitative estimate of drug-likeness (QED) is 0.916. The van der Waals surface area contributed by atoms with Gasteiger partial charge in [-0.2, -0.15) is 0 Å². The molecule has 2 rings (SSSR count). The molecule has 0 spiro atoms. The number of carbonyl (C=O) groups excluding carboxylic acids is 1. The second kappa shape index (κ2) is 6.13. The standard InChI is InChI=1S/C15H23N3O2/c1-5-18(4)15(19)20-12-6-7-13-11(10-17(2)3)9-16-14(13)8-12/h6-8,11,16H,5,9-10H2,1-4H3. The fourth-order valence-electron chi connectivity index (χ4n) is 2.36. The van der Waals surface area contributed by atoms with Gasteiger partial charge in [-0.3, -0.25) is 0 Å². The van der Waals surface area contributed by atoms with Gasteiger partial charge < -0.3 is 19.9 Å². The maximum atomic E-state index is 11.7. The number of hydrogen-bond donors (Lipinski definition) is 1. The molecule has 1 heterocycles. The van der Waals surface area contributed by atoms with Crippen molar-refractivity contribution in [3.05, 3.63) is 23.8 Å². The summed E-state index contributed by atoms with van der Waals surface area (Å²) in [6.07, 6.45) is -0.324. The highest BCUT2D eigenvalue weighted by atomic mass is 16.6. The van der Waals surface area contributed by atoms with Gasteiger partial charge in [0, 0.05) is 44.4 Å². The van der Waals surface area contributed by atoms with Crippen molar-refractivity contribution in [2.75, 3.05) is 46.1 Å². The lowest BCUT2D eigenvalue weighted by Gasteiger charge is -2.16. The van der Waals surface area contributed by atoms with E-state index in [1.165, 1.54) is 10.5 Å². The molecule has 0 saturated heterocycles. The van der Waals surface area contributed by atoms with E-state index in [0.717, 1.165) is 18.8 Å². The van der Waals surface area contributed by atoms with Crippen LogP contribution in [-0.2, 0) is 0 Å². The van der Waals surface area contributed by atoms with E-state index in [0.29, 0.717) is 18.2 Å². The van der Waals surface area contributed by atoms with Crippen LogP contribution < -0.4 is 10.1 Å². The monoisotopic (exact) mass is 277 g/mol. The van der Waals surface area contributed by atoms with Gasteiger partial charge in [0.2, 0.25) is 0 Å². The van der Waals surface area contributed by atoms with Gasteiger partial charge in [-0.1, -0.05) is 6.07 Å². The van der Waals surface area contributed by atoms with Gasteiger partial charge in [-0.15, -0.1) is 0 Å².